The smallest absolute Gasteiger partial charge is 0.265 e. The van der Waals surface area contributed by atoms with Crippen molar-refractivity contribution >= 4 is 33.4 Å². The van der Waals surface area contributed by atoms with Crippen LogP contribution in [0.5, 0.6) is 5.75 Å². The summed E-state index contributed by atoms with van der Waals surface area (Å²) in [5.74, 6) is 1.00. The molecular weight excluding hydrogens is 462 g/mol. The number of aryl methyl sites for hydroxylation is 1. The van der Waals surface area contributed by atoms with E-state index >= 15 is 0 Å². The first kappa shape index (κ1) is 21.1. The van der Waals surface area contributed by atoms with Crippen LogP contribution in [0.2, 0.25) is 0 Å². The number of aromatic nitrogens is 1. The van der Waals surface area contributed by atoms with Gasteiger partial charge in [0.1, 0.15) is 23.7 Å². The average Bonchev–Trinajstić information content (AvgIpc) is 3.25. The number of likely N-dealkylation sites (N-methyl/N-ethyl adjacent to an activating group) is 1. The zero-order valence-corrected chi connectivity index (χ0v) is 18.7. The number of ether oxygens (including phenoxy) is 1. The number of fused-ring (bicyclic) bond motifs is 1. The van der Waals surface area contributed by atoms with Crippen molar-refractivity contribution in [3.05, 3.63) is 64.8 Å². The van der Waals surface area contributed by atoms with E-state index in [9.17, 15) is 9.59 Å². The largest absolute Gasteiger partial charge is 0.482 e. The lowest BCUT2D eigenvalue weighted by molar-refractivity contribution is -0.131. The molecule has 0 unspecified atom stereocenters. The molecular formula is C23H22BrN3O4. The maximum absolute atomic E-state index is 12.7. The summed E-state index contributed by atoms with van der Waals surface area (Å²) < 4.78 is 11.7. The van der Waals surface area contributed by atoms with Crippen LogP contribution in [0.15, 0.2) is 63.6 Å². The molecule has 2 heterocycles. The van der Waals surface area contributed by atoms with E-state index in [1.54, 1.807) is 24.1 Å². The van der Waals surface area contributed by atoms with Crippen molar-refractivity contribution in [3.8, 4) is 17.0 Å². The molecule has 0 radical (unpaired) electrons. The van der Waals surface area contributed by atoms with Gasteiger partial charge in [0.15, 0.2) is 6.61 Å². The third-order valence-corrected chi connectivity index (χ3v) is 5.62. The van der Waals surface area contributed by atoms with E-state index < -0.39 is 0 Å². The highest BCUT2D eigenvalue weighted by atomic mass is 79.9. The van der Waals surface area contributed by atoms with Crippen molar-refractivity contribution in [1.29, 1.82) is 0 Å². The third kappa shape index (κ3) is 4.96. The topological polar surface area (TPSA) is 75.9 Å². The Morgan fingerprint density at radius 2 is 2.00 bits per heavy atom. The first-order valence-corrected chi connectivity index (χ1v) is 10.8. The normalized spacial score (nSPS) is 13.0. The van der Waals surface area contributed by atoms with Crippen LogP contribution >= 0.6 is 15.9 Å². The zero-order chi connectivity index (χ0) is 21.8. The van der Waals surface area contributed by atoms with Gasteiger partial charge in [0.05, 0.1) is 5.69 Å². The summed E-state index contributed by atoms with van der Waals surface area (Å²) in [6, 6.07) is 17.2. The lowest BCUT2D eigenvalue weighted by Crippen LogP contribution is -2.45. The van der Waals surface area contributed by atoms with Crippen LogP contribution in [0.1, 0.15) is 12.2 Å². The second kappa shape index (κ2) is 9.34. The Morgan fingerprint density at radius 1 is 1.19 bits per heavy atom. The molecule has 1 aliphatic rings. The van der Waals surface area contributed by atoms with Gasteiger partial charge in [-0.05, 0) is 24.6 Å². The van der Waals surface area contributed by atoms with Crippen molar-refractivity contribution in [1.82, 2.24) is 10.1 Å². The van der Waals surface area contributed by atoms with Gasteiger partial charge in [0.25, 0.3) is 5.91 Å². The van der Waals surface area contributed by atoms with E-state index in [0.29, 0.717) is 24.4 Å². The van der Waals surface area contributed by atoms with Gasteiger partial charge < -0.3 is 14.2 Å². The van der Waals surface area contributed by atoms with Gasteiger partial charge in [-0.15, -0.1) is 0 Å². The van der Waals surface area contributed by atoms with E-state index in [1.807, 2.05) is 42.5 Å². The summed E-state index contributed by atoms with van der Waals surface area (Å²) in [5.41, 5.74) is 2.42. The fraction of sp³-hybridized carbons (Fsp3) is 0.261. The van der Waals surface area contributed by atoms with Crippen LogP contribution in [0.3, 0.4) is 0 Å². The first-order valence-electron chi connectivity index (χ1n) is 9.99. The number of benzene rings is 2. The molecule has 0 spiro atoms. The van der Waals surface area contributed by atoms with Gasteiger partial charge in [-0.3, -0.25) is 14.5 Å². The number of rotatable bonds is 7. The highest BCUT2D eigenvalue weighted by Crippen LogP contribution is 2.34. The van der Waals surface area contributed by atoms with Crippen LogP contribution in [0, 0.1) is 0 Å². The second-order valence-electron chi connectivity index (χ2n) is 7.34. The number of carbonyl (C=O) groups is 2. The van der Waals surface area contributed by atoms with Crippen LogP contribution in [0.25, 0.3) is 11.3 Å². The highest BCUT2D eigenvalue weighted by Gasteiger charge is 2.28. The predicted octanol–water partition coefficient (Wildman–Crippen LogP) is 3.92. The summed E-state index contributed by atoms with van der Waals surface area (Å²) in [5, 5.41) is 4.12. The molecule has 31 heavy (non-hydrogen) atoms. The van der Waals surface area contributed by atoms with Crippen molar-refractivity contribution in [2.45, 2.75) is 12.8 Å². The second-order valence-corrected chi connectivity index (χ2v) is 8.26. The Morgan fingerprint density at radius 3 is 2.81 bits per heavy atom. The standard InChI is InChI=1S/C23H22BrN3O4/c1-26(11-5-8-18-13-19(25-31-18)16-6-3-2-4-7-16)22(28)14-27-20-10-9-17(24)12-21(20)30-15-23(27)29/h2-4,6-7,9-10,12-13H,5,8,11,14-15H2,1H3. The van der Waals surface area contributed by atoms with Gasteiger partial charge in [0.2, 0.25) is 5.91 Å². The van der Waals surface area contributed by atoms with Gasteiger partial charge in [0, 0.05) is 36.1 Å². The molecule has 2 amide bonds. The first-order chi connectivity index (χ1) is 15.0. The van der Waals surface area contributed by atoms with E-state index in [4.69, 9.17) is 9.26 Å². The molecule has 0 N–H and O–H groups in total. The summed E-state index contributed by atoms with van der Waals surface area (Å²) in [4.78, 5) is 28.1. The Balaban J connectivity index is 1.31. The maximum atomic E-state index is 12.7. The summed E-state index contributed by atoms with van der Waals surface area (Å²) in [7, 11) is 1.74. The average molecular weight is 484 g/mol. The fourth-order valence-electron chi connectivity index (χ4n) is 3.40. The van der Waals surface area contributed by atoms with E-state index in [1.165, 1.54) is 4.90 Å². The Kier molecular flexibility index (Phi) is 6.36. The van der Waals surface area contributed by atoms with Crippen LogP contribution < -0.4 is 9.64 Å². The van der Waals surface area contributed by atoms with Gasteiger partial charge in [-0.2, -0.15) is 0 Å². The number of hydrogen-bond acceptors (Lipinski definition) is 5. The minimum Gasteiger partial charge on any atom is -0.482 e. The minimum atomic E-state index is -0.230. The molecule has 2 aromatic carbocycles. The third-order valence-electron chi connectivity index (χ3n) is 5.13. The summed E-state index contributed by atoms with van der Waals surface area (Å²) in [6.07, 6.45) is 1.40. The molecule has 0 saturated heterocycles. The molecule has 1 aliphatic heterocycles. The van der Waals surface area contributed by atoms with E-state index in [2.05, 4.69) is 21.1 Å². The molecule has 8 heteroatoms. The lowest BCUT2D eigenvalue weighted by Gasteiger charge is -2.30. The Hall–Kier alpha value is -3.13. The molecule has 160 valence electrons. The van der Waals surface area contributed by atoms with Crippen molar-refractivity contribution in [3.63, 3.8) is 0 Å². The van der Waals surface area contributed by atoms with Gasteiger partial charge >= 0.3 is 0 Å². The van der Waals surface area contributed by atoms with Crippen molar-refractivity contribution in [2.75, 3.05) is 31.6 Å². The van der Waals surface area contributed by atoms with Crippen molar-refractivity contribution in [2.24, 2.45) is 0 Å². The number of hydrogen-bond donors (Lipinski definition) is 0. The number of carbonyl (C=O) groups excluding carboxylic acids is 2. The summed E-state index contributed by atoms with van der Waals surface area (Å²) >= 11 is 3.39. The molecule has 0 saturated carbocycles. The number of nitrogens with zero attached hydrogens (tertiary/aromatic N) is 3. The molecule has 0 atom stereocenters. The quantitative estimate of drug-likeness (QED) is 0.508. The highest BCUT2D eigenvalue weighted by molar-refractivity contribution is 9.10. The van der Waals surface area contributed by atoms with E-state index in [0.717, 1.165) is 27.9 Å². The maximum Gasteiger partial charge on any atom is 0.265 e. The molecule has 0 fully saturated rings. The molecule has 1 aromatic heterocycles. The van der Waals surface area contributed by atoms with Crippen LogP contribution in [-0.2, 0) is 16.0 Å². The molecule has 3 aromatic rings. The minimum absolute atomic E-state index is 0.0201. The fourth-order valence-corrected chi connectivity index (χ4v) is 3.74. The lowest BCUT2D eigenvalue weighted by atomic mass is 10.1. The van der Waals surface area contributed by atoms with Crippen LogP contribution in [0.4, 0.5) is 5.69 Å². The molecule has 0 aliphatic carbocycles. The SMILES string of the molecule is CN(CCCc1cc(-c2ccccc2)no1)C(=O)CN1C(=O)COc2cc(Br)ccc21. The van der Waals surface area contributed by atoms with Crippen molar-refractivity contribution < 1.29 is 18.8 Å². The van der Waals surface area contributed by atoms with Crippen LogP contribution in [-0.4, -0.2) is 48.6 Å². The van der Waals surface area contributed by atoms with Gasteiger partial charge in [-0.25, -0.2) is 0 Å². The number of halogens is 1. The van der Waals surface area contributed by atoms with E-state index in [-0.39, 0.29) is 25.0 Å². The Bertz CT molecular complexity index is 1080. The Labute approximate surface area is 188 Å². The summed E-state index contributed by atoms with van der Waals surface area (Å²) in [6.45, 7) is 0.454. The number of amides is 2. The monoisotopic (exact) mass is 483 g/mol. The number of anilines is 1. The zero-order valence-electron chi connectivity index (χ0n) is 17.1. The molecule has 0 bridgehead atoms. The predicted molar refractivity (Wildman–Crippen MR) is 120 cm³/mol. The molecule has 7 nitrogen and oxygen atoms in total. The van der Waals surface area contributed by atoms with Gasteiger partial charge in [-0.1, -0.05) is 51.4 Å². The molecule has 4 rings (SSSR count).